The number of alkyl halides is 3. The van der Waals surface area contributed by atoms with Gasteiger partial charge in [0.1, 0.15) is 5.82 Å². The van der Waals surface area contributed by atoms with Crippen molar-refractivity contribution >= 4 is 29.4 Å². The molecule has 3 aromatic rings. The second-order valence-electron chi connectivity index (χ2n) is 11.2. The van der Waals surface area contributed by atoms with Gasteiger partial charge in [-0.2, -0.15) is 18.2 Å². The van der Waals surface area contributed by atoms with Crippen LogP contribution in [0.2, 0.25) is 0 Å². The Morgan fingerprint density at radius 1 is 0.884 bits per heavy atom. The van der Waals surface area contributed by atoms with Crippen LogP contribution in [0.1, 0.15) is 53.4 Å². The summed E-state index contributed by atoms with van der Waals surface area (Å²) >= 11 is 0. The van der Waals surface area contributed by atoms with Crippen molar-refractivity contribution in [2.24, 2.45) is 0 Å². The van der Waals surface area contributed by atoms with E-state index in [0.717, 1.165) is 38.8 Å². The van der Waals surface area contributed by atoms with Crippen LogP contribution in [0.15, 0.2) is 53.1 Å². The number of hydrogen-bond donors (Lipinski definition) is 2. The minimum atomic E-state index is -4.86. The van der Waals surface area contributed by atoms with Gasteiger partial charge in [0, 0.05) is 52.4 Å². The third-order valence-corrected chi connectivity index (χ3v) is 8.44. The zero-order valence-electron chi connectivity index (χ0n) is 23.8. The van der Waals surface area contributed by atoms with Crippen LogP contribution < -0.4 is 15.1 Å². The monoisotopic (exact) mass is 596 g/mol. The summed E-state index contributed by atoms with van der Waals surface area (Å²) < 4.78 is 47.1. The predicted molar refractivity (Wildman–Crippen MR) is 157 cm³/mol. The average molecular weight is 597 g/mol. The number of nitrogens with one attached hydrogen (secondary N) is 2. The van der Waals surface area contributed by atoms with Gasteiger partial charge < -0.3 is 29.3 Å². The number of halogens is 3. The molecular formula is C30H35F3N8O2. The van der Waals surface area contributed by atoms with Crippen LogP contribution in [0.5, 0.6) is 0 Å². The molecular weight excluding hydrogens is 561 g/mol. The number of anilines is 3. The number of carbonyl (C=O) groups is 1. The van der Waals surface area contributed by atoms with Gasteiger partial charge in [-0.05, 0) is 49.3 Å². The van der Waals surface area contributed by atoms with E-state index in [4.69, 9.17) is 9.83 Å². The lowest BCUT2D eigenvalue weighted by Gasteiger charge is -2.38. The van der Waals surface area contributed by atoms with E-state index in [1.807, 2.05) is 18.2 Å². The van der Waals surface area contributed by atoms with E-state index in [-0.39, 0.29) is 11.7 Å². The van der Waals surface area contributed by atoms with Gasteiger partial charge in [0.05, 0.1) is 11.9 Å². The van der Waals surface area contributed by atoms with Crippen molar-refractivity contribution in [2.75, 3.05) is 67.5 Å². The molecule has 3 aliphatic heterocycles. The highest BCUT2D eigenvalue weighted by atomic mass is 19.4. The molecule has 0 radical (unpaired) electrons. The van der Waals surface area contributed by atoms with Gasteiger partial charge in [-0.3, -0.25) is 10.2 Å². The fraction of sp³-hybridized carbons (Fsp3) is 0.467. The molecule has 2 aromatic heterocycles. The lowest BCUT2D eigenvalue weighted by molar-refractivity contribution is -0.141. The Balaban J connectivity index is 1.07. The Morgan fingerprint density at radius 2 is 1.56 bits per heavy atom. The van der Waals surface area contributed by atoms with Gasteiger partial charge in [0.25, 0.3) is 11.9 Å². The molecule has 10 nitrogen and oxygen atoms in total. The van der Waals surface area contributed by atoms with Gasteiger partial charge >= 0.3 is 6.18 Å². The number of guanidine groups is 1. The van der Waals surface area contributed by atoms with Crippen LogP contribution in [-0.4, -0.2) is 84.0 Å². The zero-order valence-corrected chi connectivity index (χ0v) is 23.8. The van der Waals surface area contributed by atoms with Crippen molar-refractivity contribution in [1.29, 1.82) is 5.41 Å². The van der Waals surface area contributed by atoms with E-state index in [2.05, 4.69) is 42.1 Å². The Hall–Kier alpha value is -4.29. The average Bonchev–Trinajstić information content (AvgIpc) is 3.73. The van der Waals surface area contributed by atoms with Crippen LogP contribution in [0, 0.1) is 5.41 Å². The Kier molecular flexibility index (Phi) is 8.13. The zero-order chi connectivity index (χ0) is 30.0. The fourth-order valence-electron chi connectivity index (χ4n) is 6.03. The number of benzene rings is 1. The standard InChI is InChI=1S/C30H35F3N8O2/c31-30(32,33)26-25(43-29(37-26)41-14-10-22(11-15-41)21-6-2-1-3-7-21)27(42)36-23-8-9-24(35-20-23)38-16-18-40(19-17-38)28(34)39-12-4-5-13-39/h1-3,6-9,20,22,34H,4-5,10-19H2,(H,36,42). The van der Waals surface area contributed by atoms with E-state index in [9.17, 15) is 18.0 Å². The molecule has 0 spiro atoms. The maximum Gasteiger partial charge on any atom is 0.437 e. The predicted octanol–water partition coefficient (Wildman–Crippen LogP) is 4.88. The number of nitrogens with zero attached hydrogens (tertiary/aromatic N) is 6. The molecule has 3 fully saturated rings. The molecule has 1 aromatic carbocycles. The first-order chi connectivity index (χ1) is 20.8. The molecule has 1 amide bonds. The summed E-state index contributed by atoms with van der Waals surface area (Å²) in [6.45, 7) is 5.58. The summed E-state index contributed by atoms with van der Waals surface area (Å²) in [5.41, 5.74) is 0.107. The van der Waals surface area contributed by atoms with Crippen molar-refractivity contribution in [3.05, 3.63) is 65.7 Å². The van der Waals surface area contributed by atoms with Gasteiger partial charge in [-0.15, -0.1) is 0 Å². The van der Waals surface area contributed by atoms with Crippen LogP contribution in [-0.2, 0) is 6.18 Å². The largest absolute Gasteiger partial charge is 0.437 e. The number of rotatable bonds is 5. The Bertz CT molecular complexity index is 1410. The molecule has 13 heteroatoms. The maximum absolute atomic E-state index is 13.9. The molecule has 0 atom stereocenters. The summed E-state index contributed by atoms with van der Waals surface area (Å²) in [5, 5.41) is 10.9. The number of piperazine rings is 1. The molecule has 3 aliphatic rings. The lowest BCUT2D eigenvalue weighted by atomic mass is 9.90. The molecule has 43 heavy (non-hydrogen) atoms. The van der Waals surface area contributed by atoms with Crippen LogP contribution in [0.4, 0.5) is 30.7 Å². The number of oxazole rings is 1. The smallest absolute Gasteiger partial charge is 0.417 e. The summed E-state index contributed by atoms with van der Waals surface area (Å²) in [4.78, 5) is 29.1. The van der Waals surface area contributed by atoms with Crippen molar-refractivity contribution in [2.45, 2.75) is 37.8 Å². The SMILES string of the molecule is N=C(N1CCCC1)N1CCN(c2ccc(NC(=O)c3oc(N4CCC(c5ccccc5)CC4)nc3C(F)(F)F)cn2)CC1. The molecule has 0 bridgehead atoms. The maximum atomic E-state index is 13.9. The Labute approximate surface area is 248 Å². The van der Waals surface area contributed by atoms with Crippen LogP contribution >= 0.6 is 0 Å². The van der Waals surface area contributed by atoms with Crippen molar-refractivity contribution in [3.63, 3.8) is 0 Å². The first-order valence-corrected chi connectivity index (χ1v) is 14.7. The highest BCUT2D eigenvalue weighted by Crippen LogP contribution is 2.36. The molecule has 228 valence electrons. The Morgan fingerprint density at radius 3 is 2.19 bits per heavy atom. The van der Waals surface area contributed by atoms with Crippen LogP contribution in [0.25, 0.3) is 0 Å². The summed E-state index contributed by atoms with van der Waals surface area (Å²) in [6.07, 6.45) is 0.292. The van der Waals surface area contributed by atoms with E-state index in [1.165, 1.54) is 11.8 Å². The highest BCUT2D eigenvalue weighted by molar-refractivity contribution is 6.03. The van der Waals surface area contributed by atoms with Crippen molar-refractivity contribution in [3.8, 4) is 0 Å². The summed E-state index contributed by atoms with van der Waals surface area (Å²) in [7, 11) is 0. The van der Waals surface area contributed by atoms with E-state index in [0.29, 0.717) is 57.0 Å². The second kappa shape index (κ2) is 12.1. The van der Waals surface area contributed by atoms with E-state index in [1.54, 1.807) is 17.0 Å². The molecule has 5 heterocycles. The van der Waals surface area contributed by atoms with Gasteiger partial charge in [0.2, 0.25) is 5.76 Å². The lowest BCUT2D eigenvalue weighted by Crippen LogP contribution is -2.52. The summed E-state index contributed by atoms with van der Waals surface area (Å²) in [6, 6.07) is 13.2. The molecule has 0 saturated carbocycles. The van der Waals surface area contributed by atoms with Crippen LogP contribution in [0.3, 0.4) is 0 Å². The highest BCUT2D eigenvalue weighted by Gasteiger charge is 2.42. The quantitative estimate of drug-likeness (QED) is 0.318. The molecule has 3 saturated heterocycles. The number of carbonyl (C=O) groups excluding carboxylic acids is 1. The summed E-state index contributed by atoms with van der Waals surface area (Å²) in [5.74, 6) is -0.321. The normalized spacial score (nSPS) is 18.3. The molecule has 0 aliphatic carbocycles. The number of hydrogen-bond acceptors (Lipinski definition) is 7. The number of pyridine rings is 1. The topological polar surface area (TPSA) is 105 Å². The molecule has 2 N–H and O–H groups in total. The fourth-order valence-corrected chi connectivity index (χ4v) is 6.03. The second-order valence-corrected chi connectivity index (χ2v) is 11.2. The van der Waals surface area contributed by atoms with Gasteiger partial charge in [0.15, 0.2) is 11.7 Å². The first kappa shape index (κ1) is 28.8. The minimum Gasteiger partial charge on any atom is -0.417 e. The van der Waals surface area contributed by atoms with Gasteiger partial charge in [-0.1, -0.05) is 30.3 Å². The third kappa shape index (κ3) is 6.40. The number of aromatic nitrogens is 2. The minimum absolute atomic E-state index is 0.200. The third-order valence-electron chi connectivity index (χ3n) is 8.44. The van der Waals surface area contributed by atoms with Crippen molar-refractivity contribution < 1.29 is 22.4 Å². The molecule has 0 unspecified atom stereocenters. The number of piperidine rings is 1. The van der Waals surface area contributed by atoms with Crippen molar-refractivity contribution in [1.82, 2.24) is 19.8 Å². The first-order valence-electron chi connectivity index (χ1n) is 14.7. The van der Waals surface area contributed by atoms with Gasteiger partial charge in [-0.25, -0.2) is 4.98 Å². The molecule has 6 rings (SSSR count). The number of amides is 1. The number of likely N-dealkylation sites (tertiary alicyclic amines) is 1. The van der Waals surface area contributed by atoms with E-state index < -0.39 is 23.5 Å². The van der Waals surface area contributed by atoms with E-state index >= 15 is 0 Å².